The second-order valence-electron chi connectivity index (χ2n) is 7.15. The van der Waals surface area contributed by atoms with Gasteiger partial charge in [0.25, 0.3) is 5.91 Å². The number of carbonyl (C=O) groups is 1. The molecule has 0 unspecified atom stereocenters. The van der Waals surface area contributed by atoms with Gasteiger partial charge in [-0.15, -0.1) is 0 Å². The summed E-state index contributed by atoms with van der Waals surface area (Å²) in [7, 11) is -2.93. The van der Waals surface area contributed by atoms with Crippen molar-refractivity contribution in [3.63, 3.8) is 0 Å². The zero-order valence-electron chi connectivity index (χ0n) is 16.0. The van der Waals surface area contributed by atoms with E-state index in [0.29, 0.717) is 31.0 Å². The van der Waals surface area contributed by atoms with E-state index in [2.05, 4.69) is 5.32 Å². The van der Waals surface area contributed by atoms with Crippen molar-refractivity contribution in [2.75, 3.05) is 34.8 Å². The summed E-state index contributed by atoms with van der Waals surface area (Å²) in [5, 5.41) is 2.96. The molecular formula is C22H23N3O3S. The molecule has 0 spiro atoms. The Morgan fingerprint density at radius 2 is 1.69 bits per heavy atom. The molecule has 0 atom stereocenters. The molecule has 1 aliphatic heterocycles. The first-order chi connectivity index (χ1) is 14.0. The van der Waals surface area contributed by atoms with E-state index in [1.807, 2.05) is 76.3 Å². The molecule has 1 saturated heterocycles. The molecule has 6 nitrogen and oxygen atoms in total. The molecule has 1 aromatic heterocycles. The number of hydrogen-bond acceptors (Lipinski definition) is 4. The minimum atomic E-state index is -2.93. The SMILES string of the molecule is O=C(Nc1cccc(N2CCS(=O)(=O)CC2)c1)c1cccn1Cc1ccccc1. The average molecular weight is 410 g/mol. The number of amides is 1. The van der Waals surface area contributed by atoms with Gasteiger partial charge in [-0.05, 0) is 35.9 Å². The first kappa shape index (κ1) is 19.3. The fourth-order valence-electron chi connectivity index (χ4n) is 3.48. The maximum Gasteiger partial charge on any atom is 0.272 e. The Kier molecular flexibility index (Phi) is 5.40. The van der Waals surface area contributed by atoms with E-state index < -0.39 is 9.84 Å². The third-order valence-electron chi connectivity index (χ3n) is 5.07. The lowest BCUT2D eigenvalue weighted by atomic mass is 10.2. The molecule has 0 bridgehead atoms. The summed E-state index contributed by atoms with van der Waals surface area (Å²) in [5.74, 6) is 0.150. The fourth-order valence-corrected chi connectivity index (χ4v) is 4.69. The Balaban J connectivity index is 1.46. The summed E-state index contributed by atoms with van der Waals surface area (Å²) >= 11 is 0. The van der Waals surface area contributed by atoms with Crippen molar-refractivity contribution in [1.29, 1.82) is 0 Å². The van der Waals surface area contributed by atoms with E-state index in [1.54, 1.807) is 6.07 Å². The zero-order valence-corrected chi connectivity index (χ0v) is 16.8. The number of nitrogens with zero attached hydrogens (tertiary/aromatic N) is 2. The van der Waals surface area contributed by atoms with Crippen LogP contribution in [0.15, 0.2) is 72.9 Å². The molecule has 2 heterocycles. The van der Waals surface area contributed by atoms with Gasteiger partial charge in [-0.3, -0.25) is 4.79 Å². The number of carbonyl (C=O) groups excluding carboxylic acids is 1. The quantitative estimate of drug-likeness (QED) is 0.703. The van der Waals surface area contributed by atoms with Crippen LogP contribution in [0.4, 0.5) is 11.4 Å². The highest BCUT2D eigenvalue weighted by atomic mass is 32.2. The van der Waals surface area contributed by atoms with Gasteiger partial charge >= 0.3 is 0 Å². The number of sulfone groups is 1. The molecular weight excluding hydrogens is 386 g/mol. The van der Waals surface area contributed by atoms with Crippen LogP contribution in [0.1, 0.15) is 16.1 Å². The van der Waals surface area contributed by atoms with E-state index in [4.69, 9.17) is 0 Å². The largest absolute Gasteiger partial charge is 0.369 e. The number of benzene rings is 2. The molecule has 7 heteroatoms. The van der Waals surface area contributed by atoms with E-state index in [-0.39, 0.29) is 17.4 Å². The lowest BCUT2D eigenvalue weighted by Crippen LogP contribution is -2.40. The Labute approximate surface area is 170 Å². The highest BCUT2D eigenvalue weighted by molar-refractivity contribution is 7.91. The standard InChI is InChI=1S/C22H23N3O3S/c26-22(21-10-5-11-25(21)17-18-6-2-1-3-7-18)23-19-8-4-9-20(16-19)24-12-14-29(27,28)15-13-24/h1-11,16H,12-15,17H2,(H,23,26). The van der Waals surface area contributed by atoms with Crippen molar-refractivity contribution in [2.24, 2.45) is 0 Å². The van der Waals surface area contributed by atoms with Gasteiger partial charge in [0, 0.05) is 37.2 Å². The zero-order chi connectivity index (χ0) is 20.3. The monoisotopic (exact) mass is 409 g/mol. The maximum absolute atomic E-state index is 12.8. The number of hydrogen-bond donors (Lipinski definition) is 1. The molecule has 0 aliphatic carbocycles. The smallest absolute Gasteiger partial charge is 0.272 e. The Morgan fingerprint density at radius 3 is 2.45 bits per heavy atom. The van der Waals surface area contributed by atoms with Gasteiger partial charge in [0.1, 0.15) is 5.69 Å². The molecule has 0 radical (unpaired) electrons. The van der Waals surface area contributed by atoms with Crippen molar-refractivity contribution in [3.05, 3.63) is 84.2 Å². The molecule has 0 saturated carbocycles. The normalized spacial score (nSPS) is 15.8. The molecule has 1 N–H and O–H groups in total. The number of aromatic nitrogens is 1. The van der Waals surface area contributed by atoms with Gasteiger partial charge in [-0.25, -0.2) is 8.42 Å². The van der Waals surface area contributed by atoms with Crippen molar-refractivity contribution < 1.29 is 13.2 Å². The van der Waals surface area contributed by atoms with Crippen molar-refractivity contribution >= 4 is 27.1 Å². The summed E-state index contributed by atoms with van der Waals surface area (Å²) in [6, 6.07) is 21.2. The minimum Gasteiger partial charge on any atom is -0.369 e. The second kappa shape index (κ2) is 8.13. The summed E-state index contributed by atoms with van der Waals surface area (Å²) in [6.45, 7) is 1.57. The number of anilines is 2. The number of rotatable bonds is 5. The molecule has 1 amide bonds. The molecule has 29 heavy (non-hydrogen) atoms. The molecule has 150 valence electrons. The van der Waals surface area contributed by atoms with Gasteiger partial charge in [-0.1, -0.05) is 36.4 Å². The summed E-state index contributed by atoms with van der Waals surface area (Å²) in [5.41, 5.74) is 3.31. The highest BCUT2D eigenvalue weighted by Crippen LogP contribution is 2.22. The van der Waals surface area contributed by atoms with Crippen molar-refractivity contribution in [3.8, 4) is 0 Å². The molecule has 1 aliphatic rings. The van der Waals surface area contributed by atoms with E-state index >= 15 is 0 Å². The fraction of sp³-hybridized carbons (Fsp3) is 0.227. The molecule has 2 aromatic carbocycles. The van der Waals surface area contributed by atoms with Crippen LogP contribution in [0.3, 0.4) is 0 Å². The highest BCUT2D eigenvalue weighted by Gasteiger charge is 2.22. The van der Waals surface area contributed by atoms with Crippen LogP contribution >= 0.6 is 0 Å². The topological polar surface area (TPSA) is 71.4 Å². The van der Waals surface area contributed by atoms with Crippen LogP contribution in [0.5, 0.6) is 0 Å². The van der Waals surface area contributed by atoms with Gasteiger partial charge < -0.3 is 14.8 Å². The summed E-state index contributed by atoms with van der Waals surface area (Å²) in [4.78, 5) is 14.9. The van der Waals surface area contributed by atoms with Crippen molar-refractivity contribution in [2.45, 2.75) is 6.54 Å². The van der Waals surface area contributed by atoms with Crippen LogP contribution in [0, 0.1) is 0 Å². The first-order valence-electron chi connectivity index (χ1n) is 9.56. The second-order valence-corrected chi connectivity index (χ2v) is 9.45. The summed E-state index contributed by atoms with van der Waals surface area (Å²) < 4.78 is 25.2. The molecule has 1 fully saturated rings. The third kappa shape index (κ3) is 4.68. The maximum atomic E-state index is 12.8. The van der Waals surface area contributed by atoms with Crippen LogP contribution in [-0.4, -0.2) is 43.5 Å². The molecule has 3 aromatic rings. The van der Waals surface area contributed by atoms with Gasteiger partial charge in [0.05, 0.1) is 11.5 Å². The third-order valence-corrected chi connectivity index (χ3v) is 6.68. The first-order valence-corrected chi connectivity index (χ1v) is 11.4. The minimum absolute atomic E-state index is 0.163. The molecule has 4 rings (SSSR count). The van der Waals surface area contributed by atoms with E-state index in [1.165, 1.54) is 0 Å². The van der Waals surface area contributed by atoms with Crippen LogP contribution < -0.4 is 10.2 Å². The van der Waals surface area contributed by atoms with E-state index in [0.717, 1.165) is 11.3 Å². The van der Waals surface area contributed by atoms with Gasteiger partial charge in [0.15, 0.2) is 9.84 Å². The van der Waals surface area contributed by atoms with Crippen LogP contribution in [0.25, 0.3) is 0 Å². The Morgan fingerprint density at radius 1 is 0.931 bits per heavy atom. The lowest BCUT2D eigenvalue weighted by molar-refractivity contribution is 0.101. The Bertz CT molecular complexity index is 1090. The van der Waals surface area contributed by atoms with Gasteiger partial charge in [-0.2, -0.15) is 0 Å². The van der Waals surface area contributed by atoms with Gasteiger partial charge in [0.2, 0.25) is 0 Å². The van der Waals surface area contributed by atoms with E-state index in [9.17, 15) is 13.2 Å². The summed E-state index contributed by atoms with van der Waals surface area (Å²) in [6.07, 6.45) is 1.90. The predicted octanol–water partition coefficient (Wildman–Crippen LogP) is 3.02. The van der Waals surface area contributed by atoms with Crippen LogP contribution in [0.2, 0.25) is 0 Å². The van der Waals surface area contributed by atoms with Crippen molar-refractivity contribution in [1.82, 2.24) is 4.57 Å². The average Bonchev–Trinajstić information content (AvgIpc) is 3.17. The lowest BCUT2D eigenvalue weighted by Gasteiger charge is -2.29. The van der Waals surface area contributed by atoms with Crippen LogP contribution in [-0.2, 0) is 16.4 Å². The number of nitrogens with one attached hydrogen (secondary N) is 1. The Hall–Kier alpha value is -3.06. The predicted molar refractivity (Wildman–Crippen MR) is 115 cm³/mol.